The Bertz CT molecular complexity index is 826. The van der Waals surface area contributed by atoms with Crippen molar-refractivity contribution < 1.29 is 14.3 Å². The molecule has 0 atom stereocenters. The van der Waals surface area contributed by atoms with Crippen molar-refractivity contribution in [1.29, 1.82) is 0 Å². The van der Waals surface area contributed by atoms with E-state index in [0.29, 0.717) is 16.4 Å². The van der Waals surface area contributed by atoms with E-state index in [1.54, 1.807) is 57.2 Å². The standard InChI is InChI=1S/C20H21ClN2O3/c1-20(2,3)26-19(25)23-16-9-6-8-15(13-16)22-18(24)12-11-14-7-4-5-10-17(14)21/h4-13H,1-3H3,(H,22,24)(H,23,25)/b12-11+. The number of rotatable bonds is 4. The molecule has 0 aliphatic heterocycles. The van der Waals surface area contributed by atoms with Gasteiger partial charge in [-0.05, 0) is 56.7 Å². The van der Waals surface area contributed by atoms with Crippen molar-refractivity contribution in [2.24, 2.45) is 0 Å². The van der Waals surface area contributed by atoms with Gasteiger partial charge in [0, 0.05) is 22.5 Å². The molecule has 5 nitrogen and oxygen atoms in total. The number of hydrogen-bond donors (Lipinski definition) is 2. The van der Waals surface area contributed by atoms with E-state index in [2.05, 4.69) is 10.6 Å². The molecule has 0 bridgehead atoms. The van der Waals surface area contributed by atoms with Crippen LogP contribution in [0, 0.1) is 0 Å². The van der Waals surface area contributed by atoms with Gasteiger partial charge in [0.2, 0.25) is 5.91 Å². The van der Waals surface area contributed by atoms with Crippen LogP contribution in [0.1, 0.15) is 26.3 Å². The first-order chi connectivity index (χ1) is 12.2. The first-order valence-corrected chi connectivity index (χ1v) is 8.44. The normalized spacial score (nSPS) is 11.2. The highest BCUT2D eigenvalue weighted by Crippen LogP contribution is 2.18. The lowest BCUT2D eigenvalue weighted by atomic mass is 10.2. The number of hydrogen-bond acceptors (Lipinski definition) is 3. The molecule has 0 aromatic heterocycles. The third-order valence-corrected chi connectivity index (χ3v) is 3.44. The van der Waals surface area contributed by atoms with Crippen molar-refractivity contribution in [3.8, 4) is 0 Å². The molecule has 26 heavy (non-hydrogen) atoms. The summed E-state index contributed by atoms with van der Waals surface area (Å²) in [6.45, 7) is 5.36. The summed E-state index contributed by atoms with van der Waals surface area (Å²) in [6, 6.07) is 14.0. The second kappa shape index (κ2) is 8.54. The average Bonchev–Trinajstić information content (AvgIpc) is 2.52. The molecule has 0 heterocycles. The van der Waals surface area contributed by atoms with Gasteiger partial charge in [-0.1, -0.05) is 35.9 Å². The van der Waals surface area contributed by atoms with Crippen LogP contribution in [0.5, 0.6) is 0 Å². The van der Waals surface area contributed by atoms with Crippen LogP contribution in [0.3, 0.4) is 0 Å². The van der Waals surface area contributed by atoms with Crippen molar-refractivity contribution in [3.63, 3.8) is 0 Å². The van der Waals surface area contributed by atoms with Gasteiger partial charge >= 0.3 is 6.09 Å². The van der Waals surface area contributed by atoms with Crippen LogP contribution >= 0.6 is 11.6 Å². The van der Waals surface area contributed by atoms with Crippen LogP contribution < -0.4 is 10.6 Å². The molecule has 2 amide bonds. The lowest BCUT2D eigenvalue weighted by Crippen LogP contribution is -2.27. The van der Waals surface area contributed by atoms with Gasteiger partial charge in [-0.25, -0.2) is 4.79 Å². The van der Waals surface area contributed by atoms with E-state index in [9.17, 15) is 9.59 Å². The van der Waals surface area contributed by atoms with Gasteiger partial charge in [0.1, 0.15) is 5.60 Å². The molecule has 0 radical (unpaired) electrons. The molecular formula is C20H21ClN2O3. The molecule has 2 aromatic rings. The molecule has 0 saturated heterocycles. The Morgan fingerprint density at radius 2 is 1.65 bits per heavy atom. The lowest BCUT2D eigenvalue weighted by molar-refractivity contribution is -0.111. The zero-order chi connectivity index (χ0) is 19.2. The number of amides is 2. The number of benzene rings is 2. The Labute approximate surface area is 158 Å². The maximum Gasteiger partial charge on any atom is 0.412 e. The fourth-order valence-electron chi connectivity index (χ4n) is 2.06. The van der Waals surface area contributed by atoms with Gasteiger partial charge in [0.05, 0.1) is 0 Å². The van der Waals surface area contributed by atoms with Crippen LogP contribution in [0.25, 0.3) is 6.08 Å². The van der Waals surface area contributed by atoms with E-state index in [1.165, 1.54) is 6.08 Å². The van der Waals surface area contributed by atoms with Gasteiger partial charge in [0.25, 0.3) is 0 Å². The quantitative estimate of drug-likeness (QED) is 0.712. The highest BCUT2D eigenvalue weighted by atomic mass is 35.5. The fraction of sp³-hybridized carbons (Fsp3) is 0.200. The van der Waals surface area contributed by atoms with Crippen LogP contribution in [-0.4, -0.2) is 17.6 Å². The predicted molar refractivity (Wildman–Crippen MR) is 105 cm³/mol. The smallest absolute Gasteiger partial charge is 0.412 e. The molecule has 2 aromatic carbocycles. The molecule has 2 rings (SSSR count). The summed E-state index contributed by atoms with van der Waals surface area (Å²) in [6.07, 6.45) is 2.48. The summed E-state index contributed by atoms with van der Waals surface area (Å²) in [5, 5.41) is 5.93. The molecular weight excluding hydrogens is 352 g/mol. The van der Waals surface area contributed by atoms with E-state index in [1.807, 2.05) is 18.2 Å². The average molecular weight is 373 g/mol. The van der Waals surface area contributed by atoms with Crippen LogP contribution in [0.2, 0.25) is 5.02 Å². The molecule has 0 saturated carbocycles. The Hall–Kier alpha value is -2.79. The Kier molecular flexibility index (Phi) is 6.41. The Morgan fingerprint density at radius 1 is 1.00 bits per heavy atom. The monoisotopic (exact) mass is 372 g/mol. The van der Waals surface area contributed by atoms with Crippen molar-refractivity contribution in [3.05, 3.63) is 65.2 Å². The predicted octanol–water partition coefficient (Wildman–Crippen LogP) is 5.34. The molecule has 0 aliphatic carbocycles. The summed E-state index contributed by atoms with van der Waals surface area (Å²) in [4.78, 5) is 23.9. The van der Waals surface area contributed by atoms with Crippen molar-refractivity contribution in [2.45, 2.75) is 26.4 Å². The van der Waals surface area contributed by atoms with E-state index < -0.39 is 11.7 Å². The van der Waals surface area contributed by atoms with Gasteiger partial charge in [-0.3, -0.25) is 10.1 Å². The number of halogens is 1. The van der Waals surface area contributed by atoms with Gasteiger partial charge in [-0.15, -0.1) is 0 Å². The zero-order valence-electron chi connectivity index (χ0n) is 14.9. The SMILES string of the molecule is CC(C)(C)OC(=O)Nc1cccc(NC(=O)/C=C/c2ccccc2Cl)c1. The number of anilines is 2. The lowest BCUT2D eigenvalue weighted by Gasteiger charge is -2.19. The van der Waals surface area contributed by atoms with Gasteiger partial charge in [-0.2, -0.15) is 0 Å². The number of carbonyl (C=O) groups is 2. The maximum atomic E-state index is 12.1. The topological polar surface area (TPSA) is 67.4 Å². The Morgan fingerprint density at radius 3 is 2.31 bits per heavy atom. The molecule has 136 valence electrons. The highest BCUT2D eigenvalue weighted by Gasteiger charge is 2.16. The second-order valence-corrected chi connectivity index (χ2v) is 6.96. The second-order valence-electron chi connectivity index (χ2n) is 6.55. The summed E-state index contributed by atoms with van der Waals surface area (Å²) in [5.74, 6) is -0.306. The molecule has 0 spiro atoms. The van der Waals surface area contributed by atoms with Crippen LogP contribution in [-0.2, 0) is 9.53 Å². The highest BCUT2D eigenvalue weighted by molar-refractivity contribution is 6.32. The minimum atomic E-state index is -0.584. The van der Waals surface area contributed by atoms with Crippen molar-refractivity contribution in [2.75, 3.05) is 10.6 Å². The van der Waals surface area contributed by atoms with Crippen molar-refractivity contribution >= 4 is 41.1 Å². The Balaban J connectivity index is 1.98. The summed E-state index contributed by atoms with van der Waals surface area (Å²) >= 11 is 6.05. The summed E-state index contributed by atoms with van der Waals surface area (Å²) in [5.41, 5.74) is 1.24. The first-order valence-electron chi connectivity index (χ1n) is 8.06. The molecule has 6 heteroatoms. The van der Waals surface area contributed by atoms with Crippen LogP contribution in [0.15, 0.2) is 54.6 Å². The maximum absolute atomic E-state index is 12.1. The zero-order valence-corrected chi connectivity index (χ0v) is 15.6. The fourth-order valence-corrected chi connectivity index (χ4v) is 2.25. The molecule has 2 N–H and O–H groups in total. The third kappa shape index (κ3) is 6.61. The molecule has 0 fully saturated rings. The minimum absolute atomic E-state index is 0.306. The molecule has 0 unspecified atom stereocenters. The van der Waals surface area contributed by atoms with E-state index in [0.717, 1.165) is 5.56 Å². The molecule has 0 aliphatic rings. The van der Waals surface area contributed by atoms with E-state index in [4.69, 9.17) is 16.3 Å². The van der Waals surface area contributed by atoms with E-state index >= 15 is 0 Å². The van der Waals surface area contributed by atoms with Crippen molar-refractivity contribution in [1.82, 2.24) is 0 Å². The largest absolute Gasteiger partial charge is 0.444 e. The first kappa shape index (κ1) is 19.5. The number of ether oxygens (including phenoxy) is 1. The summed E-state index contributed by atoms with van der Waals surface area (Å²) < 4.78 is 5.20. The van der Waals surface area contributed by atoms with Gasteiger partial charge in [0.15, 0.2) is 0 Å². The summed E-state index contributed by atoms with van der Waals surface area (Å²) in [7, 11) is 0. The third-order valence-electron chi connectivity index (χ3n) is 3.09. The minimum Gasteiger partial charge on any atom is -0.444 e. The number of carbonyl (C=O) groups excluding carboxylic acids is 2. The number of nitrogens with one attached hydrogen (secondary N) is 2. The van der Waals surface area contributed by atoms with Crippen LogP contribution in [0.4, 0.5) is 16.2 Å². The van der Waals surface area contributed by atoms with E-state index in [-0.39, 0.29) is 5.91 Å². The van der Waals surface area contributed by atoms with Gasteiger partial charge < -0.3 is 10.1 Å².